The summed E-state index contributed by atoms with van der Waals surface area (Å²) in [7, 11) is 1.53. The van der Waals surface area contributed by atoms with Gasteiger partial charge in [0, 0.05) is 23.6 Å². The zero-order chi connectivity index (χ0) is 19.7. The van der Waals surface area contributed by atoms with Crippen LogP contribution in [0.4, 0.5) is 0 Å². The van der Waals surface area contributed by atoms with Gasteiger partial charge in [-0.2, -0.15) is 0 Å². The normalized spacial score (nSPS) is 24.1. The van der Waals surface area contributed by atoms with E-state index in [1.54, 1.807) is 24.3 Å². The third-order valence-corrected chi connectivity index (χ3v) is 6.04. The molecule has 1 aromatic heterocycles. The van der Waals surface area contributed by atoms with E-state index in [9.17, 15) is 14.7 Å². The van der Waals surface area contributed by atoms with Crippen LogP contribution < -0.4 is 4.74 Å². The van der Waals surface area contributed by atoms with Crippen LogP contribution in [0.25, 0.3) is 5.76 Å². The van der Waals surface area contributed by atoms with Crippen molar-refractivity contribution in [1.29, 1.82) is 0 Å². The zero-order valence-corrected chi connectivity index (χ0v) is 16.3. The average Bonchev–Trinajstić information content (AvgIpc) is 3.46. The van der Waals surface area contributed by atoms with Crippen molar-refractivity contribution >= 4 is 28.8 Å². The van der Waals surface area contributed by atoms with Crippen molar-refractivity contribution in [3.8, 4) is 5.75 Å². The molecule has 1 amide bonds. The molecule has 2 atom stereocenters. The van der Waals surface area contributed by atoms with Crippen molar-refractivity contribution < 1.29 is 24.2 Å². The van der Waals surface area contributed by atoms with Crippen molar-refractivity contribution in [3.63, 3.8) is 0 Å². The largest absolute Gasteiger partial charge is 0.507 e. The molecule has 0 saturated carbocycles. The van der Waals surface area contributed by atoms with E-state index in [2.05, 4.69) is 0 Å². The molecule has 2 aliphatic heterocycles. The van der Waals surface area contributed by atoms with Crippen LogP contribution in [0.5, 0.6) is 5.75 Å². The van der Waals surface area contributed by atoms with E-state index in [1.807, 2.05) is 17.5 Å². The molecule has 2 aromatic rings. The first-order valence-electron chi connectivity index (χ1n) is 9.18. The summed E-state index contributed by atoms with van der Waals surface area (Å²) in [5.41, 5.74) is 0.551. The van der Waals surface area contributed by atoms with Gasteiger partial charge in [-0.15, -0.1) is 11.3 Å². The summed E-state index contributed by atoms with van der Waals surface area (Å²) in [6.45, 7) is 1.00. The smallest absolute Gasteiger partial charge is 0.295 e. The lowest BCUT2D eigenvalue weighted by atomic mass is 9.99. The van der Waals surface area contributed by atoms with Crippen LogP contribution in [0.15, 0.2) is 47.4 Å². The maximum Gasteiger partial charge on any atom is 0.295 e. The van der Waals surface area contributed by atoms with Crippen molar-refractivity contribution in [2.45, 2.75) is 25.0 Å². The number of ketones is 1. The number of aliphatic hydroxyl groups is 1. The summed E-state index contributed by atoms with van der Waals surface area (Å²) < 4.78 is 10.9. The number of carbonyl (C=O) groups excluding carboxylic acids is 2. The van der Waals surface area contributed by atoms with Gasteiger partial charge < -0.3 is 19.5 Å². The van der Waals surface area contributed by atoms with Gasteiger partial charge in [0.05, 0.1) is 24.8 Å². The first-order valence-corrected chi connectivity index (χ1v) is 10.1. The van der Waals surface area contributed by atoms with E-state index in [4.69, 9.17) is 9.47 Å². The van der Waals surface area contributed by atoms with Gasteiger partial charge in [0.2, 0.25) is 0 Å². The zero-order valence-electron chi connectivity index (χ0n) is 15.5. The van der Waals surface area contributed by atoms with E-state index in [-0.39, 0.29) is 17.4 Å². The lowest BCUT2D eigenvalue weighted by Crippen LogP contribution is -2.36. The van der Waals surface area contributed by atoms with Gasteiger partial charge in [0.15, 0.2) is 0 Å². The van der Waals surface area contributed by atoms with Crippen LogP contribution in [0.2, 0.25) is 0 Å². The number of hydrogen-bond acceptors (Lipinski definition) is 6. The van der Waals surface area contributed by atoms with Crippen molar-refractivity contribution in [2.24, 2.45) is 0 Å². The lowest BCUT2D eigenvalue weighted by molar-refractivity contribution is -0.140. The highest BCUT2D eigenvalue weighted by molar-refractivity contribution is 7.10. The Morgan fingerprint density at radius 1 is 1.32 bits per heavy atom. The van der Waals surface area contributed by atoms with Crippen molar-refractivity contribution in [1.82, 2.24) is 4.90 Å². The summed E-state index contributed by atoms with van der Waals surface area (Å²) in [5.74, 6) is -0.897. The number of rotatable bonds is 5. The first-order chi connectivity index (χ1) is 13.6. The lowest BCUT2D eigenvalue weighted by Gasteiger charge is -2.26. The highest BCUT2D eigenvalue weighted by Crippen LogP contribution is 2.41. The van der Waals surface area contributed by atoms with Crippen LogP contribution in [0.1, 0.15) is 29.3 Å². The summed E-state index contributed by atoms with van der Waals surface area (Å²) >= 11 is 1.45. The SMILES string of the molecule is COc1cccc(/C(O)=C2/C(=O)C(=O)N(CC3CCCO3)C2c2cccs2)c1. The maximum atomic E-state index is 12.9. The van der Waals surface area contributed by atoms with Crippen LogP contribution >= 0.6 is 11.3 Å². The second-order valence-corrected chi connectivity index (χ2v) is 7.81. The summed E-state index contributed by atoms with van der Waals surface area (Å²) in [5, 5.41) is 12.9. The van der Waals surface area contributed by atoms with Gasteiger partial charge in [-0.05, 0) is 36.4 Å². The Balaban J connectivity index is 1.79. The number of amides is 1. The first kappa shape index (κ1) is 18.7. The molecule has 0 radical (unpaired) electrons. The van der Waals surface area contributed by atoms with E-state index < -0.39 is 17.7 Å². The number of benzene rings is 1. The predicted molar refractivity (Wildman–Crippen MR) is 105 cm³/mol. The average molecular weight is 399 g/mol. The molecule has 7 heteroatoms. The van der Waals surface area contributed by atoms with E-state index >= 15 is 0 Å². The molecule has 1 N–H and O–H groups in total. The molecule has 2 unspecified atom stereocenters. The number of thiophene rings is 1. The second-order valence-electron chi connectivity index (χ2n) is 6.83. The molecular weight excluding hydrogens is 378 g/mol. The molecule has 0 bridgehead atoms. The Labute approximate surface area is 167 Å². The van der Waals surface area contributed by atoms with Crippen LogP contribution in [0.3, 0.4) is 0 Å². The number of Topliss-reactive ketones (excluding diaryl/α,β-unsaturated/α-hetero) is 1. The highest BCUT2D eigenvalue weighted by Gasteiger charge is 2.47. The summed E-state index contributed by atoms with van der Waals surface area (Å²) in [4.78, 5) is 28.1. The Kier molecular flexibility index (Phi) is 5.19. The number of methoxy groups -OCH3 is 1. The maximum absolute atomic E-state index is 12.9. The third kappa shape index (κ3) is 3.31. The fourth-order valence-electron chi connectivity index (χ4n) is 3.74. The Hall–Kier alpha value is -2.64. The standard InChI is InChI=1S/C21H21NO5S/c1-26-14-6-2-5-13(11-14)19(23)17-18(16-8-4-10-28-16)22(21(25)20(17)24)12-15-7-3-9-27-15/h2,4-6,8,10-11,15,18,23H,3,7,9,12H2,1H3/b19-17-. The predicted octanol–water partition coefficient (Wildman–Crippen LogP) is 3.36. The van der Waals surface area contributed by atoms with Gasteiger partial charge in [-0.3, -0.25) is 9.59 Å². The van der Waals surface area contributed by atoms with Crippen LogP contribution in [-0.4, -0.2) is 48.1 Å². The van der Waals surface area contributed by atoms with Gasteiger partial charge in [-0.1, -0.05) is 18.2 Å². The molecule has 4 rings (SSSR count). The molecule has 3 heterocycles. The molecular formula is C21H21NO5S. The van der Waals surface area contributed by atoms with E-state index in [0.717, 1.165) is 17.7 Å². The van der Waals surface area contributed by atoms with Crippen molar-refractivity contribution in [3.05, 3.63) is 57.8 Å². The molecule has 0 aliphatic carbocycles. The monoisotopic (exact) mass is 399 g/mol. The van der Waals surface area contributed by atoms with Gasteiger partial charge >= 0.3 is 0 Å². The fraction of sp³-hybridized carbons (Fsp3) is 0.333. The fourth-order valence-corrected chi connectivity index (χ4v) is 4.59. The quantitative estimate of drug-likeness (QED) is 0.474. The minimum atomic E-state index is -0.670. The van der Waals surface area contributed by atoms with Crippen molar-refractivity contribution in [2.75, 3.05) is 20.3 Å². The second kappa shape index (κ2) is 7.77. The van der Waals surface area contributed by atoms with E-state index in [1.165, 1.54) is 23.3 Å². The Morgan fingerprint density at radius 2 is 2.18 bits per heavy atom. The molecule has 1 aromatic carbocycles. The number of hydrogen-bond donors (Lipinski definition) is 1. The summed E-state index contributed by atoms with van der Waals surface area (Å²) in [6.07, 6.45) is 1.72. The number of ether oxygens (including phenoxy) is 2. The number of nitrogens with zero attached hydrogens (tertiary/aromatic N) is 1. The molecule has 2 fully saturated rings. The number of carbonyl (C=O) groups is 2. The van der Waals surface area contributed by atoms with Gasteiger partial charge in [-0.25, -0.2) is 0 Å². The third-order valence-electron chi connectivity index (χ3n) is 5.12. The topological polar surface area (TPSA) is 76.1 Å². The molecule has 0 spiro atoms. The number of aliphatic hydroxyl groups excluding tert-OH is 1. The van der Waals surface area contributed by atoms with Gasteiger partial charge in [0.1, 0.15) is 11.5 Å². The molecule has 146 valence electrons. The van der Waals surface area contributed by atoms with Gasteiger partial charge in [0.25, 0.3) is 11.7 Å². The number of likely N-dealkylation sites (tertiary alicyclic amines) is 1. The Morgan fingerprint density at radius 3 is 2.86 bits per heavy atom. The highest BCUT2D eigenvalue weighted by atomic mass is 32.1. The Bertz CT molecular complexity index is 915. The molecule has 28 heavy (non-hydrogen) atoms. The summed E-state index contributed by atoms with van der Waals surface area (Å²) in [6, 6.07) is 9.96. The van der Waals surface area contributed by atoms with Crippen LogP contribution in [-0.2, 0) is 14.3 Å². The molecule has 6 nitrogen and oxygen atoms in total. The van der Waals surface area contributed by atoms with E-state index in [0.29, 0.717) is 24.5 Å². The molecule has 2 saturated heterocycles. The minimum Gasteiger partial charge on any atom is -0.507 e. The van der Waals surface area contributed by atoms with Crippen LogP contribution in [0, 0.1) is 0 Å². The minimum absolute atomic E-state index is 0.0856. The molecule has 2 aliphatic rings.